The number of nitrogens with zero attached hydrogens (tertiary/aromatic N) is 4. The van der Waals surface area contributed by atoms with E-state index in [4.69, 9.17) is 0 Å². The monoisotopic (exact) mass is 404 g/mol. The van der Waals surface area contributed by atoms with Gasteiger partial charge in [0.05, 0.1) is 6.20 Å². The first kappa shape index (κ1) is 18.2. The van der Waals surface area contributed by atoms with E-state index in [9.17, 15) is 14.3 Å². The number of H-pyrrole nitrogens is 1. The van der Waals surface area contributed by atoms with E-state index >= 15 is 0 Å². The summed E-state index contributed by atoms with van der Waals surface area (Å²) in [6.45, 7) is 0.308. The van der Waals surface area contributed by atoms with Crippen molar-refractivity contribution in [1.82, 2.24) is 24.9 Å². The van der Waals surface area contributed by atoms with Gasteiger partial charge in [-0.15, -0.1) is 0 Å². The second-order valence-corrected chi connectivity index (χ2v) is 7.06. The quantitative estimate of drug-likeness (QED) is 0.480. The lowest BCUT2D eigenvalue weighted by molar-refractivity contribution is -0.143. The number of carboxylic acids is 1. The van der Waals surface area contributed by atoms with Crippen LogP contribution in [0.15, 0.2) is 55.0 Å². The number of halogens is 1. The van der Waals surface area contributed by atoms with Crippen molar-refractivity contribution in [1.29, 1.82) is 0 Å². The summed E-state index contributed by atoms with van der Waals surface area (Å²) in [5, 5.41) is 12.0. The standard InChI is InChI=1S/C21H17FN6O2/c22-16-10-25-19(15-9-24-18-14(15)6-3-7-23-18)26-20(16)27-28-11-13-5-2-1-4-12(13)8-17(28)21(29)30/h1-7,9-10,17H,8,11H2,(H,23,24)(H,29,30)(H,25,26,27)/t17-/m0/s1. The highest BCUT2D eigenvalue weighted by atomic mass is 19.1. The molecule has 0 aliphatic carbocycles. The molecule has 0 spiro atoms. The topological polar surface area (TPSA) is 107 Å². The summed E-state index contributed by atoms with van der Waals surface area (Å²) in [5.41, 5.74) is 6.18. The molecule has 0 fully saturated rings. The number of carboxylic acid groups (broad SMARTS) is 1. The molecule has 0 amide bonds. The fraction of sp³-hybridized carbons (Fsp3) is 0.143. The third-order valence-electron chi connectivity index (χ3n) is 5.22. The summed E-state index contributed by atoms with van der Waals surface area (Å²) >= 11 is 0. The Morgan fingerprint density at radius 3 is 2.87 bits per heavy atom. The number of aromatic amines is 1. The average molecular weight is 404 g/mol. The number of pyridine rings is 1. The molecule has 1 aliphatic heterocycles. The second kappa shape index (κ2) is 7.20. The number of anilines is 1. The Labute approximate surface area is 170 Å². The molecule has 5 rings (SSSR count). The average Bonchev–Trinajstić information content (AvgIpc) is 3.19. The van der Waals surface area contributed by atoms with Crippen LogP contribution in [0.2, 0.25) is 0 Å². The molecule has 9 heteroatoms. The van der Waals surface area contributed by atoms with Gasteiger partial charge < -0.3 is 10.1 Å². The van der Waals surface area contributed by atoms with Gasteiger partial charge in [-0.05, 0) is 23.3 Å². The molecule has 8 nitrogen and oxygen atoms in total. The minimum absolute atomic E-state index is 0.0797. The fourth-order valence-electron chi connectivity index (χ4n) is 3.71. The van der Waals surface area contributed by atoms with Crippen LogP contribution in [0, 0.1) is 5.82 Å². The number of fused-ring (bicyclic) bond motifs is 2. The smallest absolute Gasteiger partial charge is 0.323 e. The summed E-state index contributed by atoms with van der Waals surface area (Å²) < 4.78 is 14.5. The van der Waals surface area contributed by atoms with Crippen molar-refractivity contribution < 1.29 is 14.3 Å². The first-order chi connectivity index (χ1) is 14.6. The predicted molar refractivity (Wildman–Crippen MR) is 108 cm³/mol. The minimum Gasteiger partial charge on any atom is -0.480 e. The van der Waals surface area contributed by atoms with E-state index in [1.807, 2.05) is 30.3 Å². The van der Waals surface area contributed by atoms with Crippen molar-refractivity contribution in [3.05, 3.63) is 71.9 Å². The number of aliphatic carboxylic acids is 1. The largest absolute Gasteiger partial charge is 0.480 e. The SMILES string of the molecule is O=C(O)[C@@H]1Cc2ccccc2CN1Nc1nc(-c2c[nH]c3ncccc23)ncc1F. The third kappa shape index (κ3) is 3.15. The molecule has 3 N–H and O–H groups in total. The van der Waals surface area contributed by atoms with E-state index in [2.05, 4.69) is 25.4 Å². The third-order valence-corrected chi connectivity index (χ3v) is 5.22. The number of aromatic nitrogens is 4. The number of hydrogen-bond acceptors (Lipinski definition) is 6. The van der Waals surface area contributed by atoms with Crippen LogP contribution in [0.4, 0.5) is 10.2 Å². The van der Waals surface area contributed by atoms with Crippen LogP contribution >= 0.6 is 0 Å². The van der Waals surface area contributed by atoms with Gasteiger partial charge in [-0.2, -0.15) is 0 Å². The van der Waals surface area contributed by atoms with E-state index in [0.29, 0.717) is 30.0 Å². The molecule has 0 saturated heterocycles. The number of hydrogen-bond donors (Lipinski definition) is 3. The number of rotatable bonds is 4. The van der Waals surface area contributed by atoms with Crippen LogP contribution < -0.4 is 5.43 Å². The predicted octanol–water partition coefficient (Wildman–Crippen LogP) is 3.00. The maximum absolute atomic E-state index is 14.5. The molecular formula is C21H17FN6O2. The molecule has 0 saturated carbocycles. The summed E-state index contributed by atoms with van der Waals surface area (Å²) in [7, 11) is 0. The Morgan fingerprint density at radius 2 is 2.03 bits per heavy atom. The van der Waals surface area contributed by atoms with Gasteiger partial charge in [0.15, 0.2) is 17.5 Å². The molecule has 150 valence electrons. The lowest BCUT2D eigenvalue weighted by Gasteiger charge is -2.34. The Bertz CT molecular complexity index is 1260. The summed E-state index contributed by atoms with van der Waals surface area (Å²) in [6.07, 6.45) is 4.77. The van der Waals surface area contributed by atoms with E-state index in [1.165, 1.54) is 5.01 Å². The van der Waals surface area contributed by atoms with E-state index < -0.39 is 17.8 Å². The van der Waals surface area contributed by atoms with Crippen LogP contribution in [0.25, 0.3) is 22.4 Å². The maximum atomic E-state index is 14.5. The molecule has 1 aliphatic rings. The van der Waals surface area contributed by atoms with Crippen molar-refractivity contribution in [2.24, 2.45) is 0 Å². The van der Waals surface area contributed by atoms with Crippen LogP contribution in [-0.2, 0) is 17.8 Å². The van der Waals surface area contributed by atoms with Gasteiger partial charge in [-0.1, -0.05) is 24.3 Å². The zero-order chi connectivity index (χ0) is 20.7. The Balaban J connectivity index is 1.50. The minimum atomic E-state index is -0.991. The highest BCUT2D eigenvalue weighted by Gasteiger charge is 2.32. The van der Waals surface area contributed by atoms with Crippen molar-refractivity contribution in [2.75, 3.05) is 5.43 Å². The molecule has 1 aromatic carbocycles. The molecular weight excluding hydrogens is 387 g/mol. The number of carbonyl (C=O) groups is 1. The van der Waals surface area contributed by atoms with E-state index in [1.54, 1.807) is 18.5 Å². The van der Waals surface area contributed by atoms with Gasteiger partial charge in [0.25, 0.3) is 0 Å². The number of benzene rings is 1. The Hall–Kier alpha value is -3.85. The molecule has 0 unspecified atom stereocenters. The first-order valence-electron chi connectivity index (χ1n) is 9.38. The van der Waals surface area contributed by atoms with Gasteiger partial charge in [0.2, 0.25) is 0 Å². The second-order valence-electron chi connectivity index (χ2n) is 7.06. The maximum Gasteiger partial charge on any atom is 0.323 e. The summed E-state index contributed by atoms with van der Waals surface area (Å²) in [4.78, 5) is 27.5. The van der Waals surface area contributed by atoms with Gasteiger partial charge in [0, 0.05) is 36.3 Å². The normalized spacial score (nSPS) is 16.4. The molecule has 30 heavy (non-hydrogen) atoms. The van der Waals surface area contributed by atoms with Crippen molar-refractivity contribution >= 4 is 22.8 Å². The molecule has 0 bridgehead atoms. The number of hydrazine groups is 1. The molecule has 4 heterocycles. The van der Waals surface area contributed by atoms with Gasteiger partial charge in [-0.25, -0.2) is 24.4 Å². The molecule has 0 radical (unpaired) electrons. The lowest BCUT2D eigenvalue weighted by atomic mass is 9.95. The van der Waals surface area contributed by atoms with Gasteiger partial charge >= 0.3 is 5.97 Å². The van der Waals surface area contributed by atoms with E-state index in [-0.39, 0.29) is 5.82 Å². The van der Waals surface area contributed by atoms with Crippen LogP contribution in [0.3, 0.4) is 0 Å². The van der Waals surface area contributed by atoms with Gasteiger partial charge in [0.1, 0.15) is 11.7 Å². The zero-order valence-corrected chi connectivity index (χ0v) is 15.7. The summed E-state index contributed by atoms with van der Waals surface area (Å²) in [6, 6.07) is 10.4. The molecule has 1 atom stereocenters. The number of nitrogens with one attached hydrogen (secondary N) is 2. The highest BCUT2D eigenvalue weighted by molar-refractivity contribution is 5.91. The van der Waals surface area contributed by atoms with Crippen LogP contribution in [0.1, 0.15) is 11.1 Å². The Morgan fingerprint density at radius 1 is 1.20 bits per heavy atom. The fourth-order valence-corrected chi connectivity index (χ4v) is 3.71. The van der Waals surface area contributed by atoms with Crippen LogP contribution in [0.5, 0.6) is 0 Å². The van der Waals surface area contributed by atoms with Gasteiger partial charge in [-0.3, -0.25) is 10.2 Å². The van der Waals surface area contributed by atoms with Crippen LogP contribution in [-0.4, -0.2) is 42.1 Å². The molecule has 3 aromatic heterocycles. The van der Waals surface area contributed by atoms with Crippen molar-refractivity contribution in [3.63, 3.8) is 0 Å². The first-order valence-corrected chi connectivity index (χ1v) is 9.38. The van der Waals surface area contributed by atoms with E-state index in [0.717, 1.165) is 22.7 Å². The summed E-state index contributed by atoms with van der Waals surface area (Å²) in [5.74, 6) is -1.43. The van der Waals surface area contributed by atoms with Crippen molar-refractivity contribution in [3.8, 4) is 11.4 Å². The lowest BCUT2D eigenvalue weighted by Crippen LogP contribution is -2.48. The highest BCUT2D eigenvalue weighted by Crippen LogP contribution is 2.28. The van der Waals surface area contributed by atoms with Crippen molar-refractivity contribution in [2.45, 2.75) is 19.0 Å². The molecule has 4 aromatic rings. The zero-order valence-electron chi connectivity index (χ0n) is 15.7. The Kier molecular flexibility index (Phi) is 4.36.